The Morgan fingerprint density at radius 2 is 1.95 bits per heavy atom. The van der Waals surface area contributed by atoms with Gasteiger partial charge in [-0.2, -0.15) is 5.26 Å². The van der Waals surface area contributed by atoms with Crippen LogP contribution in [0.5, 0.6) is 0 Å². The molecule has 6 nitrogen and oxygen atoms in total. The number of likely N-dealkylation sites (tertiary alicyclic amines) is 1. The molecule has 0 spiro atoms. The number of guanidine groups is 1. The lowest BCUT2D eigenvalue weighted by Gasteiger charge is -2.30. The standard InChI is InChI=1S/C15H18N4O2/c16-10-12-4-6-13(7-5-12)18-15(17-11-14(20)21)19-8-2-1-3-9-19/h4-7H,1-3,8-9,11H2,(H,17,18)(H,20,21). The number of nitriles is 1. The van der Waals surface area contributed by atoms with E-state index in [4.69, 9.17) is 10.4 Å². The smallest absolute Gasteiger partial charge is 0.325 e. The molecule has 21 heavy (non-hydrogen) atoms. The second kappa shape index (κ2) is 7.29. The Morgan fingerprint density at radius 3 is 2.52 bits per heavy atom. The Morgan fingerprint density at radius 1 is 1.29 bits per heavy atom. The number of rotatable bonds is 3. The van der Waals surface area contributed by atoms with Crippen molar-refractivity contribution in [1.29, 1.82) is 5.26 Å². The number of aliphatic carboxylic acids is 1. The van der Waals surface area contributed by atoms with Gasteiger partial charge in [0.2, 0.25) is 0 Å². The van der Waals surface area contributed by atoms with Crippen LogP contribution in [-0.2, 0) is 4.79 Å². The van der Waals surface area contributed by atoms with E-state index in [1.165, 1.54) is 6.42 Å². The zero-order valence-corrected chi connectivity index (χ0v) is 11.7. The second-order valence-electron chi connectivity index (χ2n) is 4.90. The molecule has 1 aromatic rings. The van der Waals surface area contributed by atoms with Crippen molar-refractivity contribution in [1.82, 2.24) is 4.90 Å². The van der Waals surface area contributed by atoms with Gasteiger partial charge in [-0.3, -0.25) is 4.79 Å². The number of benzene rings is 1. The summed E-state index contributed by atoms with van der Waals surface area (Å²) in [6.45, 7) is 1.50. The average Bonchev–Trinajstić information content (AvgIpc) is 2.52. The highest BCUT2D eigenvalue weighted by Crippen LogP contribution is 2.13. The van der Waals surface area contributed by atoms with E-state index in [0.717, 1.165) is 31.6 Å². The number of carboxylic acid groups (broad SMARTS) is 1. The number of nitrogens with zero attached hydrogens (tertiary/aromatic N) is 3. The first kappa shape index (κ1) is 14.9. The van der Waals surface area contributed by atoms with Gasteiger partial charge in [0.25, 0.3) is 0 Å². The van der Waals surface area contributed by atoms with Crippen LogP contribution in [0.15, 0.2) is 29.3 Å². The van der Waals surface area contributed by atoms with Gasteiger partial charge >= 0.3 is 5.97 Å². The molecule has 0 saturated carbocycles. The Hall–Kier alpha value is -2.55. The quantitative estimate of drug-likeness (QED) is 0.654. The Bertz CT molecular complexity index is 554. The van der Waals surface area contributed by atoms with Gasteiger partial charge in [-0.05, 0) is 43.5 Å². The van der Waals surface area contributed by atoms with E-state index in [1.807, 2.05) is 0 Å². The third-order valence-corrected chi connectivity index (χ3v) is 3.29. The molecule has 2 rings (SSSR count). The van der Waals surface area contributed by atoms with Crippen molar-refractivity contribution < 1.29 is 9.90 Å². The zero-order valence-electron chi connectivity index (χ0n) is 11.7. The molecule has 6 heteroatoms. The summed E-state index contributed by atoms with van der Waals surface area (Å²) in [6.07, 6.45) is 3.36. The monoisotopic (exact) mass is 286 g/mol. The van der Waals surface area contributed by atoms with E-state index in [0.29, 0.717) is 11.5 Å². The molecule has 1 heterocycles. The van der Waals surface area contributed by atoms with Gasteiger partial charge < -0.3 is 15.3 Å². The molecule has 1 aromatic carbocycles. The van der Waals surface area contributed by atoms with E-state index in [-0.39, 0.29) is 6.54 Å². The number of aliphatic imine (C=N–C) groups is 1. The van der Waals surface area contributed by atoms with Crippen molar-refractivity contribution in [3.05, 3.63) is 29.8 Å². The molecule has 0 radical (unpaired) electrons. The maximum Gasteiger partial charge on any atom is 0.325 e. The molecule has 1 saturated heterocycles. The summed E-state index contributed by atoms with van der Waals surface area (Å²) >= 11 is 0. The molecule has 0 aliphatic carbocycles. The lowest BCUT2D eigenvalue weighted by Crippen LogP contribution is -2.40. The van der Waals surface area contributed by atoms with Crippen molar-refractivity contribution in [3.63, 3.8) is 0 Å². The molecule has 0 unspecified atom stereocenters. The van der Waals surface area contributed by atoms with Crippen molar-refractivity contribution in [2.45, 2.75) is 19.3 Å². The molecule has 110 valence electrons. The van der Waals surface area contributed by atoms with E-state index in [1.54, 1.807) is 24.3 Å². The maximum atomic E-state index is 10.7. The van der Waals surface area contributed by atoms with Gasteiger partial charge in [-0.15, -0.1) is 0 Å². The predicted octanol–water partition coefficient (Wildman–Crippen LogP) is 1.90. The lowest BCUT2D eigenvalue weighted by molar-refractivity contribution is -0.135. The second-order valence-corrected chi connectivity index (χ2v) is 4.90. The summed E-state index contributed by atoms with van der Waals surface area (Å²) in [5, 5.41) is 20.8. The fourth-order valence-corrected chi connectivity index (χ4v) is 2.22. The van der Waals surface area contributed by atoms with Crippen LogP contribution < -0.4 is 5.32 Å². The van der Waals surface area contributed by atoms with Gasteiger partial charge in [0, 0.05) is 18.8 Å². The van der Waals surface area contributed by atoms with Crippen LogP contribution in [0.4, 0.5) is 5.69 Å². The van der Waals surface area contributed by atoms with Crippen LogP contribution in [0.3, 0.4) is 0 Å². The zero-order chi connectivity index (χ0) is 15.1. The number of hydrogen-bond acceptors (Lipinski definition) is 3. The Balaban J connectivity index is 2.12. The summed E-state index contributed by atoms with van der Waals surface area (Å²) in [7, 11) is 0. The third-order valence-electron chi connectivity index (χ3n) is 3.29. The van der Waals surface area contributed by atoms with Crippen molar-refractivity contribution in [2.24, 2.45) is 4.99 Å². The van der Waals surface area contributed by atoms with Crippen molar-refractivity contribution >= 4 is 17.6 Å². The number of carbonyl (C=O) groups is 1. The SMILES string of the molecule is N#Cc1ccc(NC(=NCC(=O)O)N2CCCCC2)cc1. The molecule has 0 bridgehead atoms. The van der Waals surface area contributed by atoms with Crippen molar-refractivity contribution in [2.75, 3.05) is 25.0 Å². The molecule has 1 aliphatic rings. The van der Waals surface area contributed by atoms with E-state index >= 15 is 0 Å². The number of carboxylic acids is 1. The first-order chi connectivity index (χ1) is 10.2. The molecule has 0 atom stereocenters. The van der Waals surface area contributed by atoms with Crippen LogP contribution in [0.25, 0.3) is 0 Å². The van der Waals surface area contributed by atoms with Gasteiger partial charge in [0.05, 0.1) is 11.6 Å². The number of anilines is 1. The highest BCUT2D eigenvalue weighted by molar-refractivity contribution is 5.94. The largest absolute Gasteiger partial charge is 0.480 e. The van der Waals surface area contributed by atoms with Crippen LogP contribution in [0.2, 0.25) is 0 Å². The van der Waals surface area contributed by atoms with Crippen LogP contribution in [0, 0.1) is 11.3 Å². The van der Waals surface area contributed by atoms with Gasteiger partial charge in [-0.1, -0.05) is 0 Å². The molecular formula is C15H18N4O2. The number of hydrogen-bond donors (Lipinski definition) is 2. The summed E-state index contributed by atoms with van der Waals surface area (Å²) < 4.78 is 0. The summed E-state index contributed by atoms with van der Waals surface area (Å²) in [6, 6.07) is 9.08. The van der Waals surface area contributed by atoms with E-state index in [9.17, 15) is 4.79 Å². The number of piperidine rings is 1. The summed E-state index contributed by atoms with van der Waals surface area (Å²) in [5.74, 6) is -0.368. The molecule has 2 N–H and O–H groups in total. The molecule has 0 amide bonds. The molecule has 0 aromatic heterocycles. The van der Waals surface area contributed by atoms with Gasteiger partial charge in [-0.25, -0.2) is 4.99 Å². The summed E-state index contributed by atoms with van der Waals surface area (Å²) in [4.78, 5) is 17.0. The van der Waals surface area contributed by atoms with Crippen molar-refractivity contribution in [3.8, 4) is 6.07 Å². The minimum atomic E-state index is -0.953. The fraction of sp³-hybridized carbons (Fsp3) is 0.400. The Kier molecular flexibility index (Phi) is 5.16. The fourth-order valence-electron chi connectivity index (χ4n) is 2.22. The van der Waals surface area contributed by atoms with E-state index < -0.39 is 5.97 Å². The maximum absolute atomic E-state index is 10.7. The summed E-state index contributed by atoms with van der Waals surface area (Å²) in [5.41, 5.74) is 1.38. The first-order valence-corrected chi connectivity index (χ1v) is 6.97. The predicted molar refractivity (Wildman–Crippen MR) is 80.1 cm³/mol. The highest BCUT2D eigenvalue weighted by atomic mass is 16.4. The minimum Gasteiger partial charge on any atom is -0.480 e. The normalized spacial score (nSPS) is 15.4. The first-order valence-electron chi connectivity index (χ1n) is 6.97. The van der Waals surface area contributed by atoms with Crippen LogP contribution >= 0.6 is 0 Å². The van der Waals surface area contributed by atoms with Gasteiger partial charge in [0.15, 0.2) is 5.96 Å². The number of nitrogens with one attached hydrogen (secondary N) is 1. The lowest BCUT2D eigenvalue weighted by atomic mass is 10.1. The molecule has 1 aliphatic heterocycles. The van der Waals surface area contributed by atoms with Gasteiger partial charge in [0.1, 0.15) is 6.54 Å². The van der Waals surface area contributed by atoms with Crippen LogP contribution in [-0.4, -0.2) is 41.6 Å². The van der Waals surface area contributed by atoms with E-state index in [2.05, 4.69) is 21.3 Å². The van der Waals surface area contributed by atoms with Crippen LogP contribution in [0.1, 0.15) is 24.8 Å². The molecule has 1 fully saturated rings. The minimum absolute atomic E-state index is 0.255. The Labute approximate surface area is 123 Å². The highest BCUT2D eigenvalue weighted by Gasteiger charge is 2.15. The third kappa shape index (κ3) is 4.49. The average molecular weight is 286 g/mol. The topological polar surface area (TPSA) is 88.7 Å². The molecular weight excluding hydrogens is 268 g/mol.